The van der Waals surface area contributed by atoms with Crippen LogP contribution in [0.3, 0.4) is 0 Å². The van der Waals surface area contributed by atoms with E-state index in [4.69, 9.17) is 0 Å². The molecule has 2 rings (SSSR count). The molecule has 0 heterocycles. The first kappa shape index (κ1) is 15.0. The first-order valence-corrected chi connectivity index (χ1v) is 8.49. The fourth-order valence-electron chi connectivity index (χ4n) is 2.30. The molecule has 5 heteroatoms. The number of aryl methyl sites for hydroxylation is 1. The van der Waals surface area contributed by atoms with Gasteiger partial charge in [-0.25, -0.2) is 0 Å². The Hall–Kier alpha value is -1.35. The maximum atomic E-state index is 10.7. The maximum absolute atomic E-state index is 10.7. The quantitative estimate of drug-likeness (QED) is 0.505. The van der Waals surface area contributed by atoms with Gasteiger partial charge in [-0.3, -0.25) is 4.18 Å². The van der Waals surface area contributed by atoms with E-state index in [1.165, 1.54) is 11.1 Å². The highest BCUT2D eigenvalue weighted by Gasteiger charge is 2.19. The number of rotatable bonds is 5. The molecule has 0 bridgehead atoms. The van der Waals surface area contributed by atoms with Crippen molar-refractivity contribution in [1.82, 2.24) is 5.32 Å². The van der Waals surface area contributed by atoms with E-state index in [2.05, 4.69) is 45.6 Å². The average molecular weight is 293 g/mol. The Labute approximate surface area is 120 Å². The van der Waals surface area contributed by atoms with Crippen LogP contribution in [-0.4, -0.2) is 34.4 Å². The molecule has 0 saturated heterocycles. The largest absolute Gasteiger partial charge is 0.304 e. The number of nitrogens with one attached hydrogen (secondary N) is 1. The molecule has 108 valence electrons. The molecule has 0 aromatic heterocycles. The standard InChI is InChI=1S/C15H19NO3S/c1-20(17,18)19-12-11-16-10-4-6-14-9-8-13-5-2-3-7-15(13)14/h2-3,5,7,14,16H,8-12H2,1H3. The number of benzene rings is 1. The summed E-state index contributed by atoms with van der Waals surface area (Å²) in [6, 6.07) is 8.43. The molecular formula is C15H19NO3S. The molecule has 1 atom stereocenters. The van der Waals surface area contributed by atoms with Crippen LogP contribution in [0.5, 0.6) is 0 Å². The summed E-state index contributed by atoms with van der Waals surface area (Å²) in [5, 5.41) is 3.04. The predicted octanol–water partition coefficient (Wildman–Crippen LogP) is 1.29. The van der Waals surface area contributed by atoms with Crippen LogP contribution >= 0.6 is 0 Å². The average Bonchev–Trinajstić information content (AvgIpc) is 2.80. The highest BCUT2D eigenvalue weighted by molar-refractivity contribution is 7.85. The summed E-state index contributed by atoms with van der Waals surface area (Å²) in [5.74, 6) is 6.71. The molecule has 1 aliphatic carbocycles. The van der Waals surface area contributed by atoms with Crippen molar-refractivity contribution in [2.24, 2.45) is 0 Å². The van der Waals surface area contributed by atoms with Gasteiger partial charge < -0.3 is 5.32 Å². The Morgan fingerprint density at radius 3 is 3.00 bits per heavy atom. The molecule has 0 fully saturated rings. The zero-order chi connectivity index (χ0) is 14.4. The smallest absolute Gasteiger partial charge is 0.264 e. The summed E-state index contributed by atoms with van der Waals surface area (Å²) in [5.41, 5.74) is 2.75. The molecular weight excluding hydrogens is 274 g/mol. The fourth-order valence-corrected chi connectivity index (χ4v) is 2.68. The predicted molar refractivity (Wildman–Crippen MR) is 78.9 cm³/mol. The van der Waals surface area contributed by atoms with Gasteiger partial charge in [0.2, 0.25) is 0 Å². The van der Waals surface area contributed by atoms with E-state index in [1.54, 1.807) is 0 Å². The molecule has 0 aliphatic heterocycles. The van der Waals surface area contributed by atoms with Crippen molar-refractivity contribution in [3.05, 3.63) is 35.4 Å². The Morgan fingerprint density at radius 1 is 1.40 bits per heavy atom. The van der Waals surface area contributed by atoms with Crippen LogP contribution in [-0.2, 0) is 20.7 Å². The number of fused-ring (bicyclic) bond motifs is 1. The van der Waals surface area contributed by atoms with E-state index in [9.17, 15) is 8.42 Å². The molecule has 0 amide bonds. The van der Waals surface area contributed by atoms with Crippen molar-refractivity contribution in [1.29, 1.82) is 0 Å². The second-order valence-corrected chi connectivity index (χ2v) is 6.46. The zero-order valence-electron chi connectivity index (χ0n) is 11.6. The van der Waals surface area contributed by atoms with Gasteiger partial charge in [-0.2, -0.15) is 8.42 Å². The molecule has 20 heavy (non-hydrogen) atoms. The Morgan fingerprint density at radius 2 is 2.20 bits per heavy atom. The van der Waals surface area contributed by atoms with Crippen molar-refractivity contribution >= 4 is 10.1 Å². The second kappa shape index (κ2) is 6.89. The Balaban J connectivity index is 1.71. The van der Waals surface area contributed by atoms with Gasteiger partial charge in [0.25, 0.3) is 10.1 Å². The van der Waals surface area contributed by atoms with E-state index in [0.717, 1.165) is 19.1 Å². The van der Waals surface area contributed by atoms with Crippen LogP contribution < -0.4 is 5.32 Å². The molecule has 1 N–H and O–H groups in total. The molecule has 1 aromatic carbocycles. The van der Waals surface area contributed by atoms with Crippen LogP contribution in [0.15, 0.2) is 24.3 Å². The summed E-state index contributed by atoms with van der Waals surface area (Å²) in [6.45, 7) is 1.17. The van der Waals surface area contributed by atoms with Gasteiger partial charge >= 0.3 is 0 Å². The van der Waals surface area contributed by atoms with E-state index >= 15 is 0 Å². The van der Waals surface area contributed by atoms with Crippen molar-refractivity contribution in [2.75, 3.05) is 26.0 Å². The molecule has 0 spiro atoms. The van der Waals surface area contributed by atoms with Crippen molar-refractivity contribution < 1.29 is 12.6 Å². The van der Waals surface area contributed by atoms with E-state index in [-0.39, 0.29) is 6.61 Å². The van der Waals surface area contributed by atoms with Gasteiger partial charge in [-0.1, -0.05) is 36.1 Å². The summed E-state index contributed by atoms with van der Waals surface area (Å²) < 4.78 is 26.1. The Bertz CT molecular complexity index is 613. The lowest BCUT2D eigenvalue weighted by Gasteiger charge is -2.03. The third-order valence-corrected chi connectivity index (χ3v) is 3.79. The van der Waals surface area contributed by atoms with Gasteiger partial charge in [0.15, 0.2) is 0 Å². The highest BCUT2D eigenvalue weighted by Crippen LogP contribution is 2.31. The van der Waals surface area contributed by atoms with Crippen LogP contribution in [0.2, 0.25) is 0 Å². The minimum Gasteiger partial charge on any atom is -0.304 e. The first-order chi connectivity index (χ1) is 9.56. The maximum Gasteiger partial charge on any atom is 0.264 e. The molecule has 1 aliphatic rings. The van der Waals surface area contributed by atoms with Gasteiger partial charge in [-0.15, -0.1) is 0 Å². The SMILES string of the molecule is CS(=O)(=O)OCCNCC#CC1CCc2ccccc21. The van der Waals surface area contributed by atoms with Crippen LogP contribution in [0.1, 0.15) is 23.5 Å². The second-order valence-electron chi connectivity index (χ2n) is 4.81. The normalized spacial score (nSPS) is 17.4. The number of hydrogen-bond acceptors (Lipinski definition) is 4. The zero-order valence-corrected chi connectivity index (χ0v) is 12.4. The molecule has 0 radical (unpaired) electrons. The van der Waals surface area contributed by atoms with E-state index < -0.39 is 10.1 Å². The van der Waals surface area contributed by atoms with Gasteiger partial charge in [0, 0.05) is 12.5 Å². The van der Waals surface area contributed by atoms with Crippen molar-refractivity contribution in [3.8, 4) is 11.8 Å². The lowest BCUT2D eigenvalue weighted by atomic mass is 10.0. The minimum atomic E-state index is -3.34. The van der Waals surface area contributed by atoms with E-state index in [1.807, 2.05) is 0 Å². The summed E-state index contributed by atoms with van der Waals surface area (Å²) in [7, 11) is -3.34. The van der Waals surface area contributed by atoms with Crippen LogP contribution in [0, 0.1) is 11.8 Å². The van der Waals surface area contributed by atoms with Gasteiger partial charge in [0.1, 0.15) is 0 Å². The molecule has 0 saturated carbocycles. The molecule has 1 unspecified atom stereocenters. The summed E-state index contributed by atoms with van der Waals surface area (Å²) in [4.78, 5) is 0. The molecule has 4 nitrogen and oxygen atoms in total. The lowest BCUT2D eigenvalue weighted by molar-refractivity contribution is 0.321. The summed E-state index contributed by atoms with van der Waals surface area (Å²) >= 11 is 0. The van der Waals surface area contributed by atoms with Gasteiger partial charge in [0.05, 0.1) is 19.4 Å². The third kappa shape index (κ3) is 4.64. The fraction of sp³-hybridized carbons (Fsp3) is 0.467. The van der Waals surface area contributed by atoms with Gasteiger partial charge in [-0.05, 0) is 24.0 Å². The van der Waals surface area contributed by atoms with Crippen molar-refractivity contribution in [3.63, 3.8) is 0 Å². The summed E-state index contributed by atoms with van der Waals surface area (Å²) in [6.07, 6.45) is 3.24. The lowest BCUT2D eigenvalue weighted by Crippen LogP contribution is -2.21. The highest BCUT2D eigenvalue weighted by atomic mass is 32.2. The van der Waals surface area contributed by atoms with Crippen molar-refractivity contribution in [2.45, 2.75) is 18.8 Å². The van der Waals surface area contributed by atoms with E-state index in [0.29, 0.717) is 19.0 Å². The third-order valence-electron chi connectivity index (χ3n) is 3.20. The minimum absolute atomic E-state index is 0.146. The van der Waals surface area contributed by atoms with Crippen LogP contribution in [0.25, 0.3) is 0 Å². The Kier molecular flexibility index (Phi) is 5.18. The van der Waals surface area contributed by atoms with Crippen LogP contribution in [0.4, 0.5) is 0 Å². The number of hydrogen-bond donors (Lipinski definition) is 1. The molecule has 1 aromatic rings. The monoisotopic (exact) mass is 293 g/mol. The first-order valence-electron chi connectivity index (χ1n) is 6.67. The topological polar surface area (TPSA) is 55.4 Å².